The molecule has 0 aliphatic carbocycles. The van der Waals surface area contributed by atoms with Crippen molar-refractivity contribution in [2.45, 2.75) is 12.5 Å². The molecule has 0 amide bonds. The number of halogens is 2. The highest BCUT2D eigenvalue weighted by atomic mass is 35.5. The Morgan fingerprint density at radius 1 is 1.50 bits per heavy atom. The van der Waals surface area contributed by atoms with Gasteiger partial charge in [-0.1, -0.05) is 23.2 Å². The molecule has 1 unspecified atom stereocenters. The number of benzene rings is 1. The normalized spacial score (nSPS) is 18.9. The second kappa shape index (κ2) is 3.33. The van der Waals surface area contributed by atoms with E-state index in [0.717, 1.165) is 0 Å². The molecule has 1 aliphatic rings. The number of fused-ring (bicyclic) bond motifs is 1. The number of rotatable bonds is 1. The molecule has 1 aromatic carbocycles. The van der Waals surface area contributed by atoms with Crippen molar-refractivity contribution in [1.82, 2.24) is 0 Å². The zero-order chi connectivity index (χ0) is 10.3. The van der Waals surface area contributed by atoms with E-state index in [-0.39, 0.29) is 0 Å². The van der Waals surface area contributed by atoms with E-state index in [1.54, 1.807) is 12.1 Å². The Kier molecular flexibility index (Phi) is 2.29. The van der Waals surface area contributed by atoms with Gasteiger partial charge in [-0.2, -0.15) is 0 Å². The third kappa shape index (κ3) is 1.53. The Bertz CT molecular complexity index is 403. The van der Waals surface area contributed by atoms with Crippen LogP contribution >= 0.6 is 23.2 Å². The first-order valence-electron chi connectivity index (χ1n) is 3.95. The number of aliphatic carboxylic acids is 1. The van der Waals surface area contributed by atoms with E-state index in [2.05, 4.69) is 0 Å². The SMILES string of the molecule is O=C(O)C1Cc2c(Cl)cc(Cl)cc2O1. The molecule has 0 radical (unpaired) electrons. The van der Waals surface area contributed by atoms with Crippen molar-refractivity contribution in [3.05, 3.63) is 27.7 Å². The Morgan fingerprint density at radius 2 is 2.21 bits per heavy atom. The Morgan fingerprint density at radius 3 is 2.86 bits per heavy atom. The summed E-state index contributed by atoms with van der Waals surface area (Å²) in [7, 11) is 0. The molecule has 3 nitrogen and oxygen atoms in total. The Hall–Kier alpha value is -0.930. The number of carbonyl (C=O) groups is 1. The maximum absolute atomic E-state index is 10.7. The maximum atomic E-state index is 10.7. The van der Waals surface area contributed by atoms with E-state index < -0.39 is 12.1 Å². The van der Waals surface area contributed by atoms with E-state index in [9.17, 15) is 4.79 Å². The van der Waals surface area contributed by atoms with Crippen LogP contribution in [0.25, 0.3) is 0 Å². The number of carboxylic acids is 1. The number of hydrogen-bond donors (Lipinski definition) is 1. The summed E-state index contributed by atoms with van der Waals surface area (Å²) in [6.45, 7) is 0. The lowest BCUT2D eigenvalue weighted by Crippen LogP contribution is -2.24. The first-order valence-corrected chi connectivity index (χ1v) is 4.71. The number of hydrogen-bond acceptors (Lipinski definition) is 2. The molecule has 0 saturated heterocycles. The van der Waals surface area contributed by atoms with Gasteiger partial charge in [0.1, 0.15) is 5.75 Å². The highest BCUT2D eigenvalue weighted by molar-refractivity contribution is 6.35. The van der Waals surface area contributed by atoms with Gasteiger partial charge in [0.2, 0.25) is 0 Å². The largest absolute Gasteiger partial charge is 0.478 e. The van der Waals surface area contributed by atoms with Gasteiger partial charge in [0.15, 0.2) is 6.10 Å². The minimum Gasteiger partial charge on any atom is -0.478 e. The van der Waals surface area contributed by atoms with Crippen LogP contribution < -0.4 is 4.74 Å². The van der Waals surface area contributed by atoms with Crippen LogP contribution in [0.4, 0.5) is 0 Å². The van der Waals surface area contributed by atoms with Crippen molar-refractivity contribution < 1.29 is 14.6 Å². The van der Waals surface area contributed by atoms with Gasteiger partial charge < -0.3 is 9.84 Å². The molecule has 0 fully saturated rings. The van der Waals surface area contributed by atoms with Crippen LogP contribution in [0.2, 0.25) is 10.0 Å². The summed E-state index contributed by atoms with van der Waals surface area (Å²) in [5, 5.41) is 9.64. The van der Waals surface area contributed by atoms with E-state index in [1.807, 2.05) is 0 Å². The average molecular weight is 233 g/mol. The summed E-state index contributed by atoms with van der Waals surface area (Å²) in [5.41, 5.74) is 0.712. The fraction of sp³-hybridized carbons (Fsp3) is 0.222. The van der Waals surface area contributed by atoms with Crippen molar-refractivity contribution in [2.75, 3.05) is 0 Å². The maximum Gasteiger partial charge on any atom is 0.345 e. The van der Waals surface area contributed by atoms with E-state index >= 15 is 0 Å². The van der Waals surface area contributed by atoms with Crippen LogP contribution in [0, 0.1) is 0 Å². The van der Waals surface area contributed by atoms with Gasteiger partial charge in [0.25, 0.3) is 0 Å². The lowest BCUT2D eigenvalue weighted by molar-refractivity contribution is -0.144. The third-order valence-electron chi connectivity index (χ3n) is 2.05. The average Bonchev–Trinajstić information content (AvgIpc) is 2.47. The van der Waals surface area contributed by atoms with Crippen LogP contribution in [0.15, 0.2) is 12.1 Å². The minimum absolute atomic E-state index is 0.292. The molecule has 0 bridgehead atoms. The van der Waals surface area contributed by atoms with Crippen molar-refractivity contribution in [3.63, 3.8) is 0 Å². The predicted molar refractivity (Wildman–Crippen MR) is 52.2 cm³/mol. The van der Waals surface area contributed by atoms with E-state index in [0.29, 0.717) is 27.8 Å². The molecule has 1 aromatic rings. The van der Waals surface area contributed by atoms with E-state index in [4.69, 9.17) is 33.0 Å². The molecule has 1 atom stereocenters. The molecule has 74 valence electrons. The molecular weight excluding hydrogens is 227 g/mol. The molecule has 0 aromatic heterocycles. The van der Waals surface area contributed by atoms with Gasteiger partial charge in [-0.05, 0) is 12.1 Å². The smallest absolute Gasteiger partial charge is 0.345 e. The molecule has 0 spiro atoms. The van der Waals surface area contributed by atoms with Gasteiger partial charge in [-0.3, -0.25) is 0 Å². The summed E-state index contributed by atoms with van der Waals surface area (Å²) < 4.78 is 5.16. The fourth-order valence-electron chi connectivity index (χ4n) is 1.40. The van der Waals surface area contributed by atoms with Gasteiger partial charge in [0, 0.05) is 22.0 Å². The second-order valence-corrected chi connectivity index (χ2v) is 3.86. The molecule has 2 rings (SSSR count). The molecule has 14 heavy (non-hydrogen) atoms. The molecule has 1 N–H and O–H groups in total. The van der Waals surface area contributed by atoms with Crippen LogP contribution in [-0.2, 0) is 11.2 Å². The van der Waals surface area contributed by atoms with Crippen molar-refractivity contribution in [1.29, 1.82) is 0 Å². The predicted octanol–water partition coefficient (Wildman–Crippen LogP) is 2.38. The number of carboxylic acid groups (broad SMARTS) is 1. The number of ether oxygens (including phenoxy) is 1. The summed E-state index contributed by atoms with van der Waals surface area (Å²) in [4.78, 5) is 10.7. The molecule has 1 aliphatic heterocycles. The summed E-state index contributed by atoms with van der Waals surface area (Å²) in [5.74, 6) is -0.525. The monoisotopic (exact) mass is 232 g/mol. The molecule has 1 heterocycles. The zero-order valence-electron chi connectivity index (χ0n) is 6.96. The van der Waals surface area contributed by atoms with Gasteiger partial charge in [-0.15, -0.1) is 0 Å². The quantitative estimate of drug-likeness (QED) is 0.809. The van der Waals surface area contributed by atoms with Gasteiger partial charge in [-0.25, -0.2) is 4.79 Å². The lowest BCUT2D eigenvalue weighted by Gasteiger charge is -2.03. The summed E-state index contributed by atoms with van der Waals surface area (Å²) in [6, 6.07) is 3.15. The van der Waals surface area contributed by atoms with Gasteiger partial charge in [0.05, 0.1) is 0 Å². The van der Waals surface area contributed by atoms with E-state index in [1.165, 1.54) is 0 Å². The summed E-state index contributed by atoms with van der Waals surface area (Å²) >= 11 is 11.6. The molecule has 5 heteroatoms. The standard InChI is InChI=1S/C9H6Cl2O3/c10-4-1-6(11)5-3-8(9(12)13)14-7(5)2-4/h1-2,8H,3H2,(H,12,13). The highest BCUT2D eigenvalue weighted by Crippen LogP contribution is 2.37. The molecule has 0 saturated carbocycles. The van der Waals surface area contributed by atoms with Crippen molar-refractivity contribution >= 4 is 29.2 Å². The van der Waals surface area contributed by atoms with Crippen molar-refractivity contribution in [3.8, 4) is 5.75 Å². The second-order valence-electron chi connectivity index (χ2n) is 3.01. The summed E-state index contributed by atoms with van der Waals surface area (Å²) in [6.07, 6.45) is -0.554. The third-order valence-corrected chi connectivity index (χ3v) is 2.61. The lowest BCUT2D eigenvalue weighted by atomic mass is 10.1. The topological polar surface area (TPSA) is 46.5 Å². The van der Waals surface area contributed by atoms with Crippen LogP contribution in [0.5, 0.6) is 5.75 Å². The highest BCUT2D eigenvalue weighted by Gasteiger charge is 2.30. The molecular formula is C9H6Cl2O3. The Balaban J connectivity index is 2.39. The first-order chi connectivity index (χ1) is 6.58. The zero-order valence-corrected chi connectivity index (χ0v) is 8.47. The van der Waals surface area contributed by atoms with Crippen LogP contribution in [-0.4, -0.2) is 17.2 Å². The van der Waals surface area contributed by atoms with Crippen molar-refractivity contribution in [2.24, 2.45) is 0 Å². The van der Waals surface area contributed by atoms with Crippen LogP contribution in [0.1, 0.15) is 5.56 Å². The first kappa shape index (κ1) is 9.62. The Labute approximate surface area is 90.2 Å². The minimum atomic E-state index is -0.992. The fourth-order valence-corrected chi connectivity index (χ4v) is 1.95. The van der Waals surface area contributed by atoms with Crippen LogP contribution in [0.3, 0.4) is 0 Å². The van der Waals surface area contributed by atoms with Gasteiger partial charge >= 0.3 is 5.97 Å².